The maximum Gasteiger partial charge on any atom is 0.269 e. The molecule has 10 heteroatoms. The van der Waals surface area contributed by atoms with Crippen LogP contribution in [0.1, 0.15) is 23.6 Å². The molecule has 29 heavy (non-hydrogen) atoms. The number of carbonyl (C=O) groups excluding carboxylic acids is 1. The van der Waals surface area contributed by atoms with Crippen molar-refractivity contribution in [2.75, 3.05) is 17.1 Å². The number of sulfonamides is 1. The molecule has 0 heterocycles. The van der Waals surface area contributed by atoms with Gasteiger partial charge in [-0.05, 0) is 55.7 Å². The quantitative estimate of drug-likeness (QED) is 0.421. The Morgan fingerprint density at radius 2 is 1.79 bits per heavy atom. The van der Waals surface area contributed by atoms with Crippen molar-refractivity contribution in [3.05, 3.63) is 69.3 Å². The van der Waals surface area contributed by atoms with Crippen LogP contribution in [-0.4, -0.2) is 37.8 Å². The van der Waals surface area contributed by atoms with Crippen molar-refractivity contribution in [3.8, 4) is 0 Å². The molecular formula is C19H22N4O5S. The number of hydrogen-bond donors (Lipinski definition) is 1. The van der Waals surface area contributed by atoms with Crippen LogP contribution in [0.15, 0.2) is 47.6 Å². The Kier molecular flexibility index (Phi) is 6.70. The topological polar surface area (TPSA) is 122 Å². The average molecular weight is 418 g/mol. The fourth-order valence-electron chi connectivity index (χ4n) is 2.57. The van der Waals surface area contributed by atoms with Gasteiger partial charge in [-0.2, -0.15) is 5.10 Å². The third kappa shape index (κ3) is 5.85. The van der Waals surface area contributed by atoms with Crippen LogP contribution in [0.25, 0.3) is 0 Å². The van der Waals surface area contributed by atoms with Gasteiger partial charge in [0, 0.05) is 12.1 Å². The van der Waals surface area contributed by atoms with Gasteiger partial charge in [0.1, 0.15) is 6.54 Å². The fourth-order valence-corrected chi connectivity index (χ4v) is 3.48. The molecule has 1 N–H and O–H groups in total. The Morgan fingerprint density at radius 3 is 2.34 bits per heavy atom. The number of rotatable bonds is 7. The second-order valence-corrected chi connectivity index (χ2v) is 8.50. The molecule has 2 aromatic carbocycles. The number of nitro benzene ring substituents is 1. The van der Waals surface area contributed by atoms with Gasteiger partial charge in [0.25, 0.3) is 11.6 Å². The molecule has 2 aromatic rings. The summed E-state index contributed by atoms with van der Waals surface area (Å²) in [6, 6.07) is 11.1. The lowest BCUT2D eigenvalue weighted by atomic mass is 10.1. The van der Waals surface area contributed by atoms with E-state index in [9.17, 15) is 23.3 Å². The Hall–Kier alpha value is -3.27. The average Bonchev–Trinajstić information content (AvgIpc) is 2.65. The molecule has 0 saturated heterocycles. The van der Waals surface area contributed by atoms with Crippen LogP contribution in [0.3, 0.4) is 0 Å². The van der Waals surface area contributed by atoms with Gasteiger partial charge < -0.3 is 0 Å². The molecule has 0 atom stereocenters. The molecule has 0 aromatic heterocycles. The van der Waals surface area contributed by atoms with Gasteiger partial charge in [-0.15, -0.1) is 0 Å². The molecule has 0 fully saturated rings. The zero-order valence-electron chi connectivity index (χ0n) is 16.5. The highest BCUT2D eigenvalue weighted by Crippen LogP contribution is 2.23. The van der Waals surface area contributed by atoms with E-state index in [-0.39, 0.29) is 5.69 Å². The van der Waals surface area contributed by atoms with Gasteiger partial charge in [0.15, 0.2) is 0 Å². The van der Waals surface area contributed by atoms with E-state index >= 15 is 0 Å². The van der Waals surface area contributed by atoms with Crippen LogP contribution in [0.5, 0.6) is 0 Å². The number of nitrogens with zero attached hydrogens (tertiary/aromatic N) is 3. The zero-order valence-corrected chi connectivity index (χ0v) is 17.4. The molecule has 0 radical (unpaired) electrons. The SMILES string of the molecule is C/C(=N/NC(=O)CN(c1cc(C)ccc1C)S(C)(=O)=O)c1ccc([N+](=O)[O-])cc1. The number of hydrazone groups is 1. The van der Waals surface area contributed by atoms with E-state index in [0.717, 1.165) is 21.7 Å². The van der Waals surface area contributed by atoms with Crippen LogP contribution in [0.2, 0.25) is 0 Å². The van der Waals surface area contributed by atoms with Crippen LogP contribution >= 0.6 is 0 Å². The molecule has 1 amide bonds. The van der Waals surface area contributed by atoms with Crippen LogP contribution in [-0.2, 0) is 14.8 Å². The molecule has 0 aliphatic rings. The van der Waals surface area contributed by atoms with Crippen LogP contribution in [0, 0.1) is 24.0 Å². The molecular weight excluding hydrogens is 396 g/mol. The van der Waals surface area contributed by atoms with Crippen LogP contribution in [0.4, 0.5) is 11.4 Å². The third-order valence-corrected chi connectivity index (χ3v) is 5.29. The number of aryl methyl sites for hydroxylation is 2. The highest BCUT2D eigenvalue weighted by Gasteiger charge is 2.22. The van der Waals surface area contributed by atoms with Crippen molar-refractivity contribution in [2.24, 2.45) is 5.10 Å². The first-order valence-corrected chi connectivity index (χ1v) is 10.5. The number of benzene rings is 2. The number of non-ortho nitro benzene ring substituents is 1. The standard InChI is InChI=1S/C19H22N4O5S/c1-13-5-6-14(2)18(11-13)22(29(4,27)28)12-19(24)21-20-15(3)16-7-9-17(10-8-16)23(25)26/h5-11H,12H2,1-4H3,(H,21,24)/b20-15-. The highest BCUT2D eigenvalue weighted by atomic mass is 32.2. The largest absolute Gasteiger partial charge is 0.271 e. The summed E-state index contributed by atoms with van der Waals surface area (Å²) in [6.07, 6.45) is 1.04. The summed E-state index contributed by atoms with van der Waals surface area (Å²) in [6.45, 7) is 4.80. The van der Waals surface area contributed by atoms with E-state index in [1.807, 2.05) is 13.0 Å². The molecule has 154 valence electrons. The summed E-state index contributed by atoms with van der Waals surface area (Å²) in [7, 11) is -3.70. The molecule has 0 unspecified atom stereocenters. The van der Waals surface area contributed by atoms with Crippen molar-refractivity contribution in [3.63, 3.8) is 0 Å². The van der Waals surface area contributed by atoms with Crippen molar-refractivity contribution >= 4 is 33.0 Å². The summed E-state index contributed by atoms with van der Waals surface area (Å²) in [5, 5.41) is 14.7. The summed E-state index contributed by atoms with van der Waals surface area (Å²) < 4.78 is 25.5. The fraction of sp³-hybridized carbons (Fsp3) is 0.263. The lowest BCUT2D eigenvalue weighted by Crippen LogP contribution is -2.39. The van der Waals surface area contributed by atoms with E-state index in [2.05, 4.69) is 10.5 Å². The van der Waals surface area contributed by atoms with E-state index in [1.54, 1.807) is 26.0 Å². The first kappa shape index (κ1) is 22.0. The highest BCUT2D eigenvalue weighted by molar-refractivity contribution is 7.92. The minimum absolute atomic E-state index is 0.0529. The Bertz CT molecular complexity index is 1060. The number of amides is 1. The van der Waals surface area contributed by atoms with E-state index in [0.29, 0.717) is 17.0 Å². The Morgan fingerprint density at radius 1 is 1.17 bits per heavy atom. The van der Waals surface area contributed by atoms with Gasteiger partial charge in [-0.3, -0.25) is 19.2 Å². The van der Waals surface area contributed by atoms with Crippen molar-refractivity contribution < 1.29 is 18.1 Å². The second-order valence-electron chi connectivity index (χ2n) is 6.60. The summed E-state index contributed by atoms with van der Waals surface area (Å²) in [5.74, 6) is -0.613. The number of carbonyl (C=O) groups is 1. The van der Waals surface area contributed by atoms with Crippen molar-refractivity contribution in [1.82, 2.24) is 5.43 Å². The normalized spacial score (nSPS) is 11.8. The lowest BCUT2D eigenvalue weighted by Gasteiger charge is -2.23. The Balaban J connectivity index is 2.17. The van der Waals surface area contributed by atoms with Gasteiger partial charge in [0.05, 0.1) is 22.6 Å². The minimum Gasteiger partial charge on any atom is -0.271 e. The number of nitro groups is 1. The van der Waals surface area contributed by atoms with Crippen LogP contribution < -0.4 is 9.73 Å². The Labute approximate surface area is 169 Å². The predicted octanol–water partition coefficient (Wildman–Crippen LogP) is 2.52. The second kappa shape index (κ2) is 8.82. The van der Waals surface area contributed by atoms with Gasteiger partial charge in [-0.1, -0.05) is 12.1 Å². The number of nitrogens with one attached hydrogen (secondary N) is 1. The maximum atomic E-state index is 12.3. The molecule has 2 rings (SSSR count). The van der Waals surface area contributed by atoms with Crippen molar-refractivity contribution in [1.29, 1.82) is 0 Å². The van der Waals surface area contributed by atoms with E-state index in [1.165, 1.54) is 24.3 Å². The first-order valence-electron chi connectivity index (χ1n) is 8.62. The third-order valence-electron chi connectivity index (χ3n) is 4.17. The molecule has 0 saturated carbocycles. The molecule has 0 aliphatic heterocycles. The van der Waals surface area contributed by atoms with Crippen molar-refractivity contribution in [2.45, 2.75) is 20.8 Å². The minimum atomic E-state index is -3.70. The summed E-state index contributed by atoms with van der Waals surface area (Å²) >= 11 is 0. The first-order chi connectivity index (χ1) is 13.5. The van der Waals surface area contributed by atoms with Gasteiger partial charge in [-0.25, -0.2) is 13.8 Å². The maximum absolute atomic E-state index is 12.3. The monoisotopic (exact) mass is 418 g/mol. The zero-order chi connectivity index (χ0) is 21.8. The van der Waals surface area contributed by atoms with E-state index in [4.69, 9.17) is 0 Å². The van der Waals surface area contributed by atoms with Gasteiger partial charge in [0.2, 0.25) is 10.0 Å². The molecule has 0 spiro atoms. The number of hydrogen-bond acceptors (Lipinski definition) is 6. The molecule has 0 bridgehead atoms. The predicted molar refractivity (Wildman–Crippen MR) is 112 cm³/mol. The molecule has 9 nitrogen and oxygen atoms in total. The summed E-state index contributed by atoms with van der Waals surface area (Å²) in [5.41, 5.74) is 5.31. The van der Waals surface area contributed by atoms with Gasteiger partial charge >= 0.3 is 0 Å². The lowest BCUT2D eigenvalue weighted by molar-refractivity contribution is -0.384. The molecule has 0 aliphatic carbocycles. The smallest absolute Gasteiger partial charge is 0.269 e. The number of anilines is 1. The summed E-state index contributed by atoms with van der Waals surface area (Å²) in [4.78, 5) is 22.5. The van der Waals surface area contributed by atoms with E-state index < -0.39 is 27.4 Å².